The predicted molar refractivity (Wildman–Crippen MR) is 50.2 cm³/mol. The largest absolute Gasteiger partial charge is 0.465 e. The minimum absolute atomic E-state index is 0.217. The van der Waals surface area contributed by atoms with Crippen molar-refractivity contribution in [2.45, 2.75) is 32.4 Å². The lowest BCUT2D eigenvalue weighted by Gasteiger charge is -2.09. The summed E-state index contributed by atoms with van der Waals surface area (Å²) in [6.45, 7) is 5.23. The molecule has 0 heterocycles. The molecule has 0 saturated carbocycles. The number of ether oxygens (including phenoxy) is 1. The molecule has 0 aromatic rings. The van der Waals surface area contributed by atoms with Gasteiger partial charge in [-0.2, -0.15) is 0 Å². The highest BCUT2D eigenvalue weighted by atomic mass is 32.2. The lowest BCUT2D eigenvalue weighted by atomic mass is 10.4. The van der Waals surface area contributed by atoms with E-state index in [2.05, 4.69) is 4.74 Å². The molecule has 78 valence electrons. The monoisotopic (exact) mass is 208 g/mol. The molecule has 0 fully saturated rings. The molecule has 0 aliphatic carbocycles. The number of rotatable bonds is 5. The lowest BCUT2D eigenvalue weighted by molar-refractivity contribution is -0.139. The molecular formula is C8H16O4S. The number of sulfone groups is 1. The third kappa shape index (κ3) is 4.26. The zero-order valence-corrected chi connectivity index (χ0v) is 9.06. The van der Waals surface area contributed by atoms with E-state index in [0.29, 0.717) is 6.42 Å². The van der Waals surface area contributed by atoms with E-state index in [9.17, 15) is 13.2 Å². The van der Waals surface area contributed by atoms with Gasteiger partial charge in [0, 0.05) is 0 Å². The van der Waals surface area contributed by atoms with Gasteiger partial charge in [0.15, 0.2) is 9.84 Å². The van der Waals surface area contributed by atoms with Crippen LogP contribution in [-0.2, 0) is 19.4 Å². The number of hydrogen-bond acceptors (Lipinski definition) is 4. The molecule has 0 bridgehead atoms. The van der Waals surface area contributed by atoms with Crippen LogP contribution >= 0.6 is 0 Å². The fourth-order valence-corrected chi connectivity index (χ4v) is 1.97. The van der Waals surface area contributed by atoms with Crippen LogP contribution in [-0.4, -0.2) is 32.0 Å². The van der Waals surface area contributed by atoms with Crippen LogP contribution < -0.4 is 0 Å². The quantitative estimate of drug-likeness (QED) is 0.626. The van der Waals surface area contributed by atoms with Crippen LogP contribution in [0.5, 0.6) is 0 Å². The molecule has 0 aliphatic heterocycles. The Balaban J connectivity index is 4.26. The Morgan fingerprint density at radius 3 is 2.31 bits per heavy atom. The molecule has 13 heavy (non-hydrogen) atoms. The highest BCUT2D eigenvalue weighted by molar-refractivity contribution is 7.92. The van der Waals surface area contributed by atoms with Crippen LogP contribution in [0.4, 0.5) is 0 Å². The van der Waals surface area contributed by atoms with Crippen LogP contribution in [0.15, 0.2) is 0 Å². The number of hydrogen-bond donors (Lipinski definition) is 0. The molecule has 0 N–H and O–H groups in total. The van der Waals surface area contributed by atoms with Crippen molar-refractivity contribution < 1.29 is 17.9 Å². The van der Waals surface area contributed by atoms with Crippen LogP contribution in [0.1, 0.15) is 27.2 Å². The summed E-state index contributed by atoms with van der Waals surface area (Å²) in [5, 5.41) is -0.475. The highest BCUT2D eigenvalue weighted by Gasteiger charge is 2.23. The maximum Gasteiger partial charge on any atom is 0.321 e. The van der Waals surface area contributed by atoms with Crippen molar-refractivity contribution in [2.24, 2.45) is 0 Å². The SMILES string of the molecule is CCOC(=O)CS(=O)(=O)[C@H](C)CC. The number of carbonyl (C=O) groups excluding carboxylic acids is 1. The smallest absolute Gasteiger partial charge is 0.321 e. The summed E-state index contributed by atoms with van der Waals surface area (Å²) >= 11 is 0. The molecule has 0 saturated heterocycles. The molecule has 0 radical (unpaired) electrons. The first-order valence-corrected chi connectivity index (χ1v) is 6.02. The summed E-state index contributed by atoms with van der Waals surface area (Å²) in [5.74, 6) is -1.17. The van der Waals surface area contributed by atoms with E-state index in [1.165, 1.54) is 0 Å². The summed E-state index contributed by atoms with van der Waals surface area (Å²) < 4.78 is 27.2. The minimum atomic E-state index is -3.31. The van der Waals surface area contributed by atoms with Gasteiger partial charge in [0.2, 0.25) is 0 Å². The summed E-state index contributed by atoms with van der Waals surface area (Å²) in [5.41, 5.74) is 0. The van der Waals surface area contributed by atoms with Crippen LogP contribution in [0.2, 0.25) is 0 Å². The van der Waals surface area contributed by atoms with Gasteiger partial charge in [0.25, 0.3) is 0 Å². The highest BCUT2D eigenvalue weighted by Crippen LogP contribution is 2.06. The van der Waals surface area contributed by atoms with E-state index in [1.807, 2.05) is 0 Å². The van der Waals surface area contributed by atoms with Gasteiger partial charge >= 0.3 is 5.97 Å². The fourth-order valence-electron chi connectivity index (χ4n) is 0.763. The third-order valence-corrected chi connectivity index (χ3v) is 4.01. The molecule has 0 aliphatic rings. The first-order chi connectivity index (χ1) is 5.94. The average molecular weight is 208 g/mol. The molecule has 0 aromatic heterocycles. The number of esters is 1. The van der Waals surface area contributed by atoms with E-state index in [4.69, 9.17) is 0 Å². The van der Waals surface area contributed by atoms with Crippen molar-refractivity contribution in [3.8, 4) is 0 Å². The molecule has 0 spiro atoms. The van der Waals surface area contributed by atoms with Gasteiger partial charge in [0.1, 0.15) is 5.75 Å². The van der Waals surface area contributed by atoms with Crippen LogP contribution in [0.25, 0.3) is 0 Å². The maximum absolute atomic E-state index is 11.3. The van der Waals surface area contributed by atoms with Gasteiger partial charge in [-0.25, -0.2) is 8.42 Å². The van der Waals surface area contributed by atoms with Gasteiger partial charge in [-0.15, -0.1) is 0 Å². The van der Waals surface area contributed by atoms with Gasteiger partial charge in [-0.05, 0) is 20.3 Å². The first-order valence-electron chi connectivity index (χ1n) is 4.31. The van der Waals surface area contributed by atoms with Crippen molar-refractivity contribution in [1.82, 2.24) is 0 Å². The summed E-state index contributed by atoms with van der Waals surface area (Å²) in [7, 11) is -3.31. The first kappa shape index (κ1) is 12.4. The van der Waals surface area contributed by atoms with Crippen molar-refractivity contribution in [2.75, 3.05) is 12.4 Å². The van der Waals surface area contributed by atoms with Crippen molar-refractivity contribution >= 4 is 15.8 Å². The maximum atomic E-state index is 11.3. The molecule has 0 rings (SSSR count). The molecular weight excluding hydrogens is 192 g/mol. The Labute approximate surface area is 79.2 Å². The average Bonchev–Trinajstić information content (AvgIpc) is 2.02. The zero-order valence-electron chi connectivity index (χ0n) is 8.24. The Morgan fingerprint density at radius 2 is 1.92 bits per heavy atom. The Hall–Kier alpha value is -0.580. The minimum Gasteiger partial charge on any atom is -0.465 e. The van der Waals surface area contributed by atoms with E-state index in [1.54, 1.807) is 20.8 Å². The second-order valence-corrected chi connectivity index (χ2v) is 5.25. The van der Waals surface area contributed by atoms with Gasteiger partial charge in [0.05, 0.1) is 11.9 Å². The second-order valence-electron chi connectivity index (χ2n) is 2.83. The Bertz CT molecular complexity index is 255. The van der Waals surface area contributed by atoms with Gasteiger partial charge < -0.3 is 4.74 Å². The van der Waals surface area contributed by atoms with E-state index < -0.39 is 26.8 Å². The van der Waals surface area contributed by atoms with Gasteiger partial charge in [-0.3, -0.25) is 4.79 Å². The molecule has 0 unspecified atom stereocenters. The molecule has 0 aromatic carbocycles. The standard InChI is InChI=1S/C8H16O4S/c1-4-7(3)13(10,11)6-8(9)12-5-2/h7H,4-6H2,1-3H3/t7-/m1/s1. The van der Waals surface area contributed by atoms with Crippen LogP contribution in [0, 0.1) is 0 Å². The Kier molecular flexibility index (Phi) is 4.98. The molecule has 0 amide bonds. The Morgan fingerprint density at radius 1 is 1.38 bits per heavy atom. The lowest BCUT2D eigenvalue weighted by Crippen LogP contribution is -2.26. The zero-order chi connectivity index (χ0) is 10.5. The normalized spacial score (nSPS) is 13.8. The van der Waals surface area contributed by atoms with Gasteiger partial charge in [-0.1, -0.05) is 6.92 Å². The van der Waals surface area contributed by atoms with E-state index >= 15 is 0 Å². The fraction of sp³-hybridized carbons (Fsp3) is 0.875. The van der Waals surface area contributed by atoms with Crippen LogP contribution in [0.3, 0.4) is 0 Å². The molecule has 5 heteroatoms. The molecule has 4 nitrogen and oxygen atoms in total. The second kappa shape index (κ2) is 5.21. The molecule has 1 atom stereocenters. The van der Waals surface area contributed by atoms with Crippen molar-refractivity contribution in [3.05, 3.63) is 0 Å². The number of carbonyl (C=O) groups is 1. The summed E-state index contributed by atoms with van der Waals surface area (Å²) in [4.78, 5) is 10.9. The van der Waals surface area contributed by atoms with E-state index in [0.717, 1.165) is 0 Å². The van der Waals surface area contributed by atoms with E-state index in [-0.39, 0.29) is 6.61 Å². The summed E-state index contributed by atoms with van der Waals surface area (Å²) in [6.07, 6.45) is 0.516. The summed E-state index contributed by atoms with van der Waals surface area (Å²) in [6, 6.07) is 0. The van der Waals surface area contributed by atoms with Crippen molar-refractivity contribution in [1.29, 1.82) is 0 Å². The van der Waals surface area contributed by atoms with Crippen molar-refractivity contribution in [3.63, 3.8) is 0 Å². The topological polar surface area (TPSA) is 60.4 Å². The third-order valence-electron chi connectivity index (χ3n) is 1.81. The predicted octanol–water partition coefficient (Wildman–Crippen LogP) is 0.763.